The zero-order chi connectivity index (χ0) is 15.1. The molecule has 0 bridgehead atoms. The Labute approximate surface area is 125 Å². The van der Waals surface area contributed by atoms with Crippen LogP contribution in [0.25, 0.3) is 0 Å². The van der Waals surface area contributed by atoms with E-state index >= 15 is 0 Å². The maximum Gasteiger partial charge on any atom is 0.335 e. The number of ether oxygens (including phenoxy) is 3. The molecule has 2 aliphatic heterocycles. The molecule has 0 aliphatic carbocycles. The molecular formula is C15H25NO5. The van der Waals surface area contributed by atoms with Gasteiger partial charge < -0.3 is 19.1 Å². The van der Waals surface area contributed by atoms with Crippen LogP contribution in [-0.4, -0.2) is 61.9 Å². The van der Waals surface area contributed by atoms with Crippen molar-refractivity contribution < 1.29 is 23.8 Å². The molecule has 0 aromatic carbocycles. The van der Waals surface area contributed by atoms with Gasteiger partial charge in [0.1, 0.15) is 0 Å². The third-order valence-corrected chi connectivity index (χ3v) is 3.93. The first kappa shape index (κ1) is 16.2. The lowest BCUT2D eigenvalue weighted by atomic mass is 10.1. The van der Waals surface area contributed by atoms with E-state index in [-0.39, 0.29) is 18.6 Å². The predicted octanol–water partition coefficient (Wildman–Crippen LogP) is 1.13. The van der Waals surface area contributed by atoms with Gasteiger partial charge in [-0.2, -0.15) is 0 Å². The van der Waals surface area contributed by atoms with E-state index in [2.05, 4.69) is 0 Å². The highest BCUT2D eigenvalue weighted by molar-refractivity contribution is 5.82. The zero-order valence-electron chi connectivity index (χ0n) is 12.7. The third kappa shape index (κ3) is 5.28. The van der Waals surface area contributed by atoms with E-state index in [4.69, 9.17) is 14.2 Å². The minimum Gasteiger partial charge on any atom is -0.454 e. The number of rotatable bonds is 6. The molecule has 21 heavy (non-hydrogen) atoms. The van der Waals surface area contributed by atoms with Crippen LogP contribution in [0.4, 0.5) is 0 Å². The summed E-state index contributed by atoms with van der Waals surface area (Å²) in [5.41, 5.74) is 0. The number of carbonyl (C=O) groups is 2. The predicted molar refractivity (Wildman–Crippen MR) is 75.8 cm³/mol. The van der Waals surface area contributed by atoms with Gasteiger partial charge in [0.05, 0.1) is 12.7 Å². The molecule has 6 nitrogen and oxygen atoms in total. The van der Waals surface area contributed by atoms with Gasteiger partial charge in [0.15, 0.2) is 12.7 Å². The molecule has 120 valence electrons. The second kappa shape index (κ2) is 8.34. The van der Waals surface area contributed by atoms with Crippen LogP contribution in [0.2, 0.25) is 0 Å². The van der Waals surface area contributed by atoms with Crippen LogP contribution in [0.15, 0.2) is 0 Å². The highest BCUT2D eigenvalue weighted by atomic mass is 16.6. The van der Waals surface area contributed by atoms with E-state index in [0.29, 0.717) is 6.61 Å². The number of hydrogen-bond acceptors (Lipinski definition) is 5. The van der Waals surface area contributed by atoms with Gasteiger partial charge in [0.25, 0.3) is 5.91 Å². The Balaban J connectivity index is 1.62. The molecule has 2 rings (SSSR count). The molecule has 0 radical (unpaired) electrons. The molecule has 2 unspecified atom stereocenters. The average Bonchev–Trinajstić information content (AvgIpc) is 3.04. The van der Waals surface area contributed by atoms with Gasteiger partial charge in [-0.3, -0.25) is 4.79 Å². The second-order valence-corrected chi connectivity index (χ2v) is 5.66. The number of nitrogens with zero attached hydrogens (tertiary/aromatic N) is 1. The second-order valence-electron chi connectivity index (χ2n) is 5.66. The van der Waals surface area contributed by atoms with Crippen LogP contribution in [0.5, 0.6) is 0 Å². The van der Waals surface area contributed by atoms with Crippen molar-refractivity contribution in [1.29, 1.82) is 0 Å². The standard InChI is InChI=1S/C15H25NO5/c1-12(20-10-13-6-5-9-19-13)15(18)21-11-14(17)16-7-3-2-4-8-16/h12-13H,2-11H2,1H3. The summed E-state index contributed by atoms with van der Waals surface area (Å²) in [6.45, 7) is 4.14. The Kier molecular flexibility index (Phi) is 6.45. The van der Waals surface area contributed by atoms with E-state index < -0.39 is 12.1 Å². The van der Waals surface area contributed by atoms with Crippen LogP contribution in [-0.2, 0) is 23.8 Å². The highest BCUT2D eigenvalue weighted by Gasteiger charge is 2.23. The molecule has 0 saturated carbocycles. The summed E-state index contributed by atoms with van der Waals surface area (Å²) < 4.78 is 15.9. The van der Waals surface area contributed by atoms with Gasteiger partial charge in [0, 0.05) is 19.7 Å². The first-order valence-electron chi connectivity index (χ1n) is 7.84. The van der Waals surface area contributed by atoms with Crippen molar-refractivity contribution >= 4 is 11.9 Å². The van der Waals surface area contributed by atoms with Gasteiger partial charge >= 0.3 is 5.97 Å². The molecule has 6 heteroatoms. The highest BCUT2D eigenvalue weighted by Crippen LogP contribution is 2.13. The maximum atomic E-state index is 11.9. The summed E-state index contributed by atoms with van der Waals surface area (Å²) in [6.07, 6.45) is 4.64. The quantitative estimate of drug-likeness (QED) is 0.688. The van der Waals surface area contributed by atoms with Crippen molar-refractivity contribution in [3.63, 3.8) is 0 Å². The topological polar surface area (TPSA) is 65.1 Å². The number of piperidine rings is 1. The summed E-state index contributed by atoms with van der Waals surface area (Å²) >= 11 is 0. The van der Waals surface area contributed by atoms with Crippen molar-refractivity contribution in [3.8, 4) is 0 Å². The number of carbonyl (C=O) groups excluding carboxylic acids is 2. The summed E-state index contributed by atoms with van der Waals surface area (Å²) in [5, 5.41) is 0. The van der Waals surface area contributed by atoms with Gasteiger partial charge in [-0.25, -0.2) is 4.79 Å². The molecule has 2 aliphatic rings. The molecule has 0 N–H and O–H groups in total. The summed E-state index contributed by atoms with van der Waals surface area (Å²) in [5.74, 6) is -0.604. The Bertz CT molecular complexity index is 348. The molecule has 1 amide bonds. The molecule has 0 spiro atoms. The fourth-order valence-corrected chi connectivity index (χ4v) is 2.58. The third-order valence-electron chi connectivity index (χ3n) is 3.93. The first-order valence-corrected chi connectivity index (χ1v) is 7.84. The molecule has 2 fully saturated rings. The Morgan fingerprint density at radius 1 is 1.24 bits per heavy atom. The van der Waals surface area contributed by atoms with Crippen LogP contribution >= 0.6 is 0 Å². The van der Waals surface area contributed by atoms with Crippen LogP contribution in [0.1, 0.15) is 39.0 Å². The smallest absolute Gasteiger partial charge is 0.335 e. The van der Waals surface area contributed by atoms with E-state index in [0.717, 1.165) is 51.8 Å². The normalized spacial score (nSPS) is 23.9. The molecule has 0 aromatic rings. The molecule has 2 atom stereocenters. The van der Waals surface area contributed by atoms with E-state index in [9.17, 15) is 9.59 Å². The van der Waals surface area contributed by atoms with Crippen molar-refractivity contribution in [2.75, 3.05) is 32.9 Å². The molecule has 0 aromatic heterocycles. The largest absolute Gasteiger partial charge is 0.454 e. The summed E-state index contributed by atoms with van der Waals surface area (Å²) in [7, 11) is 0. The molecular weight excluding hydrogens is 274 g/mol. The Hall–Kier alpha value is -1.14. The van der Waals surface area contributed by atoms with Crippen LogP contribution in [0.3, 0.4) is 0 Å². The van der Waals surface area contributed by atoms with Crippen LogP contribution < -0.4 is 0 Å². The molecule has 2 heterocycles. The van der Waals surface area contributed by atoms with E-state index in [1.54, 1.807) is 11.8 Å². The minimum atomic E-state index is -0.664. The zero-order valence-corrected chi connectivity index (χ0v) is 12.7. The minimum absolute atomic E-state index is 0.0789. The maximum absolute atomic E-state index is 11.9. The average molecular weight is 299 g/mol. The van der Waals surface area contributed by atoms with Gasteiger partial charge in [-0.1, -0.05) is 0 Å². The summed E-state index contributed by atoms with van der Waals surface area (Å²) in [4.78, 5) is 25.4. The fourth-order valence-electron chi connectivity index (χ4n) is 2.58. The number of amides is 1. The Morgan fingerprint density at radius 3 is 2.67 bits per heavy atom. The van der Waals surface area contributed by atoms with Gasteiger partial charge in [-0.05, 0) is 39.0 Å². The van der Waals surface area contributed by atoms with Crippen molar-refractivity contribution in [2.45, 2.75) is 51.2 Å². The first-order chi connectivity index (χ1) is 10.2. The number of esters is 1. The van der Waals surface area contributed by atoms with Crippen molar-refractivity contribution in [2.24, 2.45) is 0 Å². The lowest BCUT2D eigenvalue weighted by Crippen LogP contribution is -2.39. The number of hydrogen-bond donors (Lipinski definition) is 0. The monoisotopic (exact) mass is 299 g/mol. The number of likely N-dealkylation sites (tertiary alicyclic amines) is 1. The van der Waals surface area contributed by atoms with Crippen molar-refractivity contribution in [1.82, 2.24) is 4.90 Å². The lowest BCUT2D eigenvalue weighted by molar-refractivity contribution is -0.162. The Morgan fingerprint density at radius 2 is 2.00 bits per heavy atom. The molecule has 2 saturated heterocycles. The van der Waals surface area contributed by atoms with Crippen molar-refractivity contribution in [3.05, 3.63) is 0 Å². The van der Waals surface area contributed by atoms with E-state index in [1.165, 1.54) is 0 Å². The summed E-state index contributed by atoms with van der Waals surface area (Å²) in [6, 6.07) is 0. The van der Waals surface area contributed by atoms with Gasteiger partial charge in [-0.15, -0.1) is 0 Å². The fraction of sp³-hybridized carbons (Fsp3) is 0.867. The lowest BCUT2D eigenvalue weighted by Gasteiger charge is -2.26. The SMILES string of the molecule is CC(OCC1CCCO1)C(=O)OCC(=O)N1CCCCC1. The van der Waals surface area contributed by atoms with E-state index in [1.807, 2.05) is 0 Å². The van der Waals surface area contributed by atoms with Gasteiger partial charge in [0.2, 0.25) is 0 Å². The van der Waals surface area contributed by atoms with Crippen LogP contribution in [0, 0.1) is 0 Å².